The summed E-state index contributed by atoms with van der Waals surface area (Å²) in [5.41, 5.74) is 0.625. The van der Waals surface area contributed by atoms with Gasteiger partial charge in [0.25, 0.3) is 0 Å². The second-order valence-corrected chi connectivity index (χ2v) is 5.19. The van der Waals surface area contributed by atoms with E-state index in [2.05, 4.69) is 0 Å². The van der Waals surface area contributed by atoms with Crippen molar-refractivity contribution in [3.05, 3.63) is 23.2 Å². The van der Waals surface area contributed by atoms with Crippen LogP contribution >= 0.6 is 0 Å². The van der Waals surface area contributed by atoms with E-state index < -0.39 is 5.97 Å². The third kappa shape index (κ3) is 3.58. The van der Waals surface area contributed by atoms with Crippen LogP contribution in [0.1, 0.15) is 48.6 Å². The molecular weight excluding hydrogens is 248 g/mol. The molecule has 1 fully saturated rings. The average molecular weight is 268 g/mol. The fourth-order valence-electron chi connectivity index (χ4n) is 2.51. The standard InChI is InChI=1S/C14H20O5/c1-8-4-12(19-13(8)14(15)16)7-17-11-5-9(2)18-10(3)6-11/h4,9-11H,5-7H2,1-3H3,(H,15,16). The van der Waals surface area contributed by atoms with Crippen LogP contribution in [0.25, 0.3) is 0 Å². The minimum Gasteiger partial charge on any atom is -0.475 e. The predicted octanol–water partition coefficient (Wildman–Crippen LogP) is 2.76. The Morgan fingerprint density at radius 2 is 2.05 bits per heavy atom. The van der Waals surface area contributed by atoms with E-state index in [0.717, 1.165) is 12.8 Å². The monoisotopic (exact) mass is 268 g/mol. The van der Waals surface area contributed by atoms with Gasteiger partial charge in [-0.1, -0.05) is 0 Å². The van der Waals surface area contributed by atoms with Crippen LogP contribution in [-0.4, -0.2) is 29.4 Å². The second kappa shape index (κ2) is 5.75. The van der Waals surface area contributed by atoms with Gasteiger partial charge < -0.3 is 19.0 Å². The summed E-state index contributed by atoms with van der Waals surface area (Å²) in [6.07, 6.45) is 2.24. The van der Waals surface area contributed by atoms with Gasteiger partial charge in [-0.25, -0.2) is 4.79 Å². The summed E-state index contributed by atoms with van der Waals surface area (Å²) in [6.45, 7) is 6.09. The molecule has 0 amide bonds. The lowest BCUT2D eigenvalue weighted by Gasteiger charge is -2.31. The molecule has 106 valence electrons. The molecule has 0 saturated carbocycles. The molecule has 2 unspecified atom stereocenters. The highest BCUT2D eigenvalue weighted by Gasteiger charge is 2.25. The Bertz CT molecular complexity index is 441. The van der Waals surface area contributed by atoms with Gasteiger partial charge in [0.1, 0.15) is 12.4 Å². The molecule has 1 aliphatic heterocycles. The number of rotatable bonds is 4. The Morgan fingerprint density at radius 3 is 2.58 bits per heavy atom. The Kier molecular flexibility index (Phi) is 4.27. The smallest absolute Gasteiger partial charge is 0.372 e. The molecule has 0 radical (unpaired) electrons. The molecule has 2 heterocycles. The summed E-state index contributed by atoms with van der Waals surface area (Å²) in [5, 5.41) is 8.91. The zero-order valence-electron chi connectivity index (χ0n) is 11.5. The maximum absolute atomic E-state index is 10.9. The largest absolute Gasteiger partial charge is 0.475 e. The van der Waals surface area contributed by atoms with Crippen molar-refractivity contribution in [1.82, 2.24) is 0 Å². The molecule has 0 spiro atoms. The number of carboxylic acid groups (broad SMARTS) is 1. The van der Waals surface area contributed by atoms with Crippen LogP contribution in [0.4, 0.5) is 0 Å². The first kappa shape index (κ1) is 14.1. The van der Waals surface area contributed by atoms with Crippen molar-refractivity contribution in [2.24, 2.45) is 0 Å². The first-order valence-electron chi connectivity index (χ1n) is 6.55. The first-order chi connectivity index (χ1) is 8.95. The maximum atomic E-state index is 10.9. The molecule has 1 aliphatic rings. The number of carbonyl (C=O) groups is 1. The third-order valence-electron chi connectivity index (χ3n) is 3.28. The molecule has 5 nitrogen and oxygen atoms in total. The van der Waals surface area contributed by atoms with Crippen molar-refractivity contribution in [1.29, 1.82) is 0 Å². The second-order valence-electron chi connectivity index (χ2n) is 5.19. The summed E-state index contributed by atoms with van der Waals surface area (Å²) in [6, 6.07) is 1.72. The van der Waals surface area contributed by atoms with E-state index in [-0.39, 0.29) is 24.1 Å². The van der Waals surface area contributed by atoms with Crippen LogP contribution < -0.4 is 0 Å². The molecule has 1 aromatic heterocycles. The molecule has 5 heteroatoms. The minimum absolute atomic E-state index is 0.00712. The van der Waals surface area contributed by atoms with E-state index >= 15 is 0 Å². The fourth-order valence-corrected chi connectivity index (χ4v) is 2.51. The number of furan rings is 1. The van der Waals surface area contributed by atoms with Crippen molar-refractivity contribution < 1.29 is 23.8 Å². The number of carboxylic acids is 1. The number of aryl methyl sites for hydroxylation is 1. The van der Waals surface area contributed by atoms with Crippen LogP contribution in [0.2, 0.25) is 0 Å². The van der Waals surface area contributed by atoms with E-state index in [1.807, 2.05) is 13.8 Å². The lowest BCUT2D eigenvalue weighted by atomic mass is 10.0. The lowest BCUT2D eigenvalue weighted by Crippen LogP contribution is -2.33. The molecule has 1 N–H and O–H groups in total. The Labute approximate surface area is 112 Å². The summed E-state index contributed by atoms with van der Waals surface area (Å²) in [5.74, 6) is -0.494. The quantitative estimate of drug-likeness (QED) is 0.909. The van der Waals surface area contributed by atoms with E-state index in [0.29, 0.717) is 17.9 Å². The molecule has 1 saturated heterocycles. The van der Waals surface area contributed by atoms with Gasteiger partial charge in [-0.3, -0.25) is 0 Å². The molecule has 0 bridgehead atoms. The number of ether oxygens (including phenoxy) is 2. The van der Waals surface area contributed by atoms with Crippen molar-refractivity contribution in [3.63, 3.8) is 0 Å². The summed E-state index contributed by atoms with van der Waals surface area (Å²) in [4.78, 5) is 10.9. The lowest BCUT2D eigenvalue weighted by molar-refractivity contribution is -0.108. The summed E-state index contributed by atoms with van der Waals surface area (Å²) < 4.78 is 16.7. The van der Waals surface area contributed by atoms with Crippen molar-refractivity contribution >= 4 is 5.97 Å². The van der Waals surface area contributed by atoms with Crippen LogP contribution in [0.5, 0.6) is 0 Å². The van der Waals surface area contributed by atoms with Crippen LogP contribution in [0.3, 0.4) is 0 Å². The highest BCUT2D eigenvalue weighted by atomic mass is 16.5. The molecule has 0 aliphatic carbocycles. The van der Waals surface area contributed by atoms with Gasteiger partial charge in [0.05, 0.1) is 18.3 Å². The number of aromatic carboxylic acids is 1. The van der Waals surface area contributed by atoms with Crippen LogP contribution in [0, 0.1) is 6.92 Å². The summed E-state index contributed by atoms with van der Waals surface area (Å²) in [7, 11) is 0. The molecule has 2 rings (SSSR count). The predicted molar refractivity (Wildman–Crippen MR) is 68.2 cm³/mol. The molecule has 0 aromatic carbocycles. The zero-order valence-corrected chi connectivity index (χ0v) is 11.5. The van der Waals surface area contributed by atoms with Gasteiger partial charge in [0.2, 0.25) is 5.76 Å². The normalized spacial score (nSPS) is 27.4. The maximum Gasteiger partial charge on any atom is 0.372 e. The number of hydrogen-bond donors (Lipinski definition) is 1. The Balaban J connectivity index is 1.91. The van der Waals surface area contributed by atoms with Gasteiger partial charge in [-0.15, -0.1) is 0 Å². The highest BCUT2D eigenvalue weighted by molar-refractivity contribution is 5.86. The third-order valence-corrected chi connectivity index (χ3v) is 3.28. The van der Waals surface area contributed by atoms with Crippen molar-refractivity contribution in [2.45, 2.75) is 58.5 Å². The molecule has 19 heavy (non-hydrogen) atoms. The van der Waals surface area contributed by atoms with Gasteiger partial charge in [0.15, 0.2) is 0 Å². The van der Waals surface area contributed by atoms with Gasteiger partial charge in [0, 0.05) is 5.56 Å². The molecule has 1 aromatic rings. The van der Waals surface area contributed by atoms with Crippen molar-refractivity contribution in [3.8, 4) is 0 Å². The van der Waals surface area contributed by atoms with Crippen LogP contribution in [0.15, 0.2) is 10.5 Å². The van der Waals surface area contributed by atoms with Gasteiger partial charge >= 0.3 is 5.97 Å². The van der Waals surface area contributed by atoms with Gasteiger partial charge in [-0.05, 0) is 39.7 Å². The first-order valence-corrected chi connectivity index (χ1v) is 6.55. The Hall–Kier alpha value is -1.33. The highest BCUT2D eigenvalue weighted by Crippen LogP contribution is 2.23. The number of hydrogen-bond acceptors (Lipinski definition) is 4. The van der Waals surface area contributed by atoms with Gasteiger partial charge in [-0.2, -0.15) is 0 Å². The molecular formula is C14H20O5. The van der Waals surface area contributed by atoms with Crippen LogP contribution in [-0.2, 0) is 16.1 Å². The zero-order chi connectivity index (χ0) is 14.0. The minimum atomic E-state index is -1.04. The molecule has 2 atom stereocenters. The van der Waals surface area contributed by atoms with Crippen molar-refractivity contribution in [2.75, 3.05) is 0 Å². The van der Waals surface area contributed by atoms with E-state index in [1.54, 1.807) is 13.0 Å². The topological polar surface area (TPSA) is 68.9 Å². The van der Waals surface area contributed by atoms with E-state index in [1.165, 1.54) is 0 Å². The van der Waals surface area contributed by atoms with E-state index in [4.69, 9.17) is 19.0 Å². The average Bonchev–Trinajstić information content (AvgIpc) is 2.67. The fraction of sp³-hybridized carbons (Fsp3) is 0.643. The summed E-state index contributed by atoms with van der Waals surface area (Å²) >= 11 is 0. The van der Waals surface area contributed by atoms with E-state index in [9.17, 15) is 4.79 Å². The SMILES string of the molecule is Cc1cc(COC2CC(C)OC(C)C2)oc1C(=O)O. The Morgan fingerprint density at radius 1 is 1.42 bits per heavy atom.